The molecule has 3 atom stereocenters. The highest BCUT2D eigenvalue weighted by atomic mass is 32.2. The van der Waals surface area contributed by atoms with E-state index >= 15 is 0 Å². The maximum absolute atomic E-state index is 12.8. The molecule has 7 nitrogen and oxygen atoms in total. The second-order valence-electron chi connectivity index (χ2n) is 7.17. The van der Waals surface area contributed by atoms with Crippen LogP contribution in [0.5, 0.6) is 0 Å². The molecule has 2 amide bonds. The molecule has 0 radical (unpaired) electrons. The van der Waals surface area contributed by atoms with E-state index in [1.165, 1.54) is 11.8 Å². The number of carboxylic acids is 1. The molecule has 1 aromatic rings. The highest BCUT2D eigenvalue weighted by molar-refractivity contribution is 7.98. The van der Waals surface area contributed by atoms with E-state index < -0.39 is 35.9 Å². The van der Waals surface area contributed by atoms with Crippen LogP contribution in [0.3, 0.4) is 0 Å². The molecular weight excluding hydrogens is 378 g/mol. The summed E-state index contributed by atoms with van der Waals surface area (Å²) in [6.07, 6.45) is 2.93. The van der Waals surface area contributed by atoms with Gasteiger partial charge in [-0.1, -0.05) is 44.2 Å². The van der Waals surface area contributed by atoms with Gasteiger partial charge in [-0.3, -0.25) is 9.59 Å². The van der Waals surface area contributed by atoms with Crippen molar-refractivity contribution in [2.75, 3.05) is 12.0 Å². The van der Waals surface area contributed by atoms with Crippen LogP contribution in [0.15, 0.2) is 30.3 Å². The monoisotopic (exact) mass is 409 g/mol. The van der Waals surface area contributed by atoms with Gasteiger partial charge in [0.15, 0.2) is 0 Å². The maximum atomic E-state index is 12.8. The molecule has 0 aliphatic carbocycles. The molecule has 0 heterocycles. The van der Waals surface area contributed by atoms with Gasteiger partial charge in [-0.05, 0) is 36.3 Å². The van der Waals surface area contributed by atoms with Gasteiger partial charge >= 0.3 is 5.97 Å². The van der Waals surface area contributed by atoms with Crippen molar-refractivity contribution in [2.45, 2.75) is 51.2 Å². The Morgan fingerprint density at radius 3 is 2.21 bits per heavy atom. The lowest BCUT2D eigenvalue weighted by Gasteiger charge is -2.23. The SMILES string of the molecule is CSCC[C@H](NC(=O)[C@H](Cc1ccccc1)NC(=O)[C@@H](N)CC(C)C)C(=O)O. The Hall–Kier alpha value is -2.06. The lowest BCUT2D eigenvalue weighted by molar-refractivity contribution is -0.142. The summed E-state index contributed by atoms with van der Waals surface area (Å²) in [5.41, 5.74) is 6.79. The van der Waals surface area contributed by atoms with Gasteiger partial charge in [0.2, 0.25) is 11.8 Å². The first-order valence-corrected chi connectivity index (χ1v) is 10.8. The average Bonchev–Trinajstić information content (AvgIpc) is 2.64. The molecule has 0 aromatic heterocycles. The van der Waals surface area contributed by atoms with Gasteiger partial charge in [0, 0.05) is 6.42 Å². The summed E-state index contributed by atoms with van der Waals surface area (Å²) in [7, 11) is 0. The fraction of sp³-hybridized carbons (Fsp3) is 0.550. The van der Waals surface area contributed by atoms with Gasteiger partial charge in [-0.2, -0.15) is 11.8 Å². The lowest BCUT2D eigenvalue weighted by atomic mass is 10.0. The van der Waals surface area contributed by atoms with E-state index in [0.717, 1.165) is 5.56 Å². The number of thioether (sulfide) groups is 1. The molecule has 5 N–H and O–H groups in total. The third-order valence-corrected chi connectivity index (χ3v) is 4.85. The Labute approximate surface area is 170 Å². The number of carbonyl (C=O) groups excluding carboxylic acids is 2. The molecule has 0 saturated carbocycles. The van der Waals surface area contributed by atoms with Crippen LogP contribution in [0, 0.1) is 5.92 Å². The van der Waals surface area contributed by atoms with E-state index in [9.17, 15) is 19.5 Å². The summed E-state index contributed by atoms with van der Waals surface area (Å²) in [5, 5.41) is 14.6. The van der Waals surface area contributed by atoms with Crippen LogP contribution >= 0.6 is 11.8 Å². The summed E-state index contributed by atoms with van der Waals surface area (Å²) >= 11 is 1.50. The topological polar surface area (TPSA) is 122 Å². The highest BCUT2D eigenvalue weighted by Gasteiger charge is 2.28. The number of nitrogens with one attached hydrogen (secondary N) is 2. The molecule has 0 fully saturated rings. The zero-order chi connectivity index (χ0) is 21.1. The van der Waals surface area contributed by atoms with Crippen LogP contribution in [-0.2, 0) is 20.8 Å². The molecule has 0 bridgehead atoms. The lowest BCUT2D eigenvalue weighted by Crippen LogP contribution is -2.55. The summed E-state index contributed by atoms with van der Waals surface area (Å²) in [4.78, 5) is 36.7. The number of benzene rings is 1. The largest absolute Gasteiger partial charge is 0.480 e. The number of amides is 2. The fourth-order valence-electron chi connectivity index (χ4n) is 2.72. The molecule has 0 spiro atoms. The number of carboxylic acid groups (broad SMARTS) is 1. The van der Waals surface area contributed by atoms with Gasteiger partial charge < -0.3 is 21.5 Å². The zero-order valence-electron chi connectivity index (χ0n) is 16.7. The first-order chi connectivity index (χ1) is 13.2. The van der Waals surface area contributed by atoms with Crippen molar-refractivity contribution in [1.29, 1.82) is 0 Å². The van der Waals surface area contributed by atoms with Crippen LogP contribution in [0.1, 0.15) is 32.3 Å². The second kappa shape index (κ2) is 12.4. The summed E-state index contributed by atoms with van der Waals surface area (Å²) < 4.78 is 0. The number of hydrogen-bond acceptors (Lipinski definition) is 5. The molecule has 1 aromatic carbocycles. The van der Waals surface area contributed by atoms with Crippen molar-refractivity contribution >= 4 is 29.5 Å². The molecule has 0 saturated heterocycles. The first kappa shape index (κ1) is 24.0. The van der Waals surface area contributed by atoms with Gasteiger partial charge in [0.05, 0.1) is 6.04 Å². The van der Waals surface area contributed by atoms with E-state index in [4.69, 9.17) is 5.73 Å². The van der Waals surface area contributed by atoms with Gasteiger partial charge in [0.25, 0.3) is 0 Å². The third-order valence-electron chi connectivity index (χ3n) is 4.20. The number of hydrogen-bond donors (Lipinski definition) is 4. The molecule has 28 heavy (non-hydrogen) atoms. The van der Waals surface area contributed by atoms with E-state index in [-0.39, 0.29) is 12.3 Å². The minimum Gasteiger partial charge on any atom is -0.480 e. The molecule has 0 unspecified atom stereocenters. The van der Waals surface area contributed by atoms with Gasteiger partial charge in [-0.15, -0.1) is 0 Å². The minimum atomic E-state index is -1.09. The smallest absolute Gasteiger partial charge is 0.326 e. The maximum Gasteiger partial charge on any atom is 0.326 e. The quantitative estimate of drug-likeness (QED) is 0.414. The highest BCUT2D eigenvalue weighted by Crippen LogP contribution is 2.08. The number of aliphatic carboxylic acids is 1. The fourth-order valence-corrected chi connectivity index (χ4v) is 3.19. The number of rotatable bonds is 12. The van der Waals surface area contributed by atoms with Crippen LogP contribution in [0.4, 0.5) is 0 Å². The van der Waals surface area contributed by atoms with Crippen molar-refractivity contribution in [3.63, 3.8) is 0 Å². The molecule has 0 aliphatic heterocycles. The van der Waals surface area contributed by atoms with Crippen LogP contribution in [0.25, 0.3) is 0 Å². The van der Waals surface area contributed by atoms with Crippen molar-refractivity contribution in [1.82, 2.24) is 10.6 Å². The molecule has 8 heteroatoms. The van der Waals surface area contributed by atoms with E-state index in [1.807, 2.05) is 50.4 Å². The normalized spacial score (nSPS) is 14.2. The summed E-state index contributed by atoms with van der Waals surface area (Å²) in [6, 6.07) is 6.62. The average molecular weight is 410 g/mol. The predicted molar refractivity (Wildman–Crippen MR) is 112 cm³/mol. The van der Waals surface area contributed by atoms with Crippen molar-refractivity contribution in [3.05, 3.63) is 35.9 Å². The van der Waals surface area contributed by atoms with E-state index in [0.29, 0.717) is 18.6 Å². The van der Waals surface area contributed by atoms with Crippen LogP contribution in [0.2, 0.25) is 0 Å². The van der Waals surface area contributed by atoms with Gasteiger partial charge in [0.1, 0.15) is 12.1 Å². The Morgan fingerprint density at radius 2 is 1.68 bits per heavy atom. The number of carbonyl (C=O) groups is 3. The van der Waals surface area contributed by atoms with Crippen LogP contribution in [-0.4, -0.2) is 53.0 Å². The third kappa shape index (κ3) is 8.75. The van der Waals surface area contributed by atoms with Crippen LogP contribution < -0.4 is 16.4 Å². The molecule has 1 rings (SSSR count). The first-order valence-electron chi connectivity index (χ1n) is 9.36. The van der Waals surface area contributed by atoms with E-state index in [2.05, 4.69) is 10.6 Å². The molecular formula is C20H31N3O4S. The van der Waals surface area contributed by atoms with Crippen molar-refractivity contribution in [2.24, 2.45) is 11.7 Å². The summed E-state index contributed by atoms with van der Waals surface area (Å²) in [5.74, 6) is -1.19. The van der Waals surface area contributed by atoms with Crippen molar-refractivity contribution in [3.8, 4) is 0 Å². The van der Waals surface area contributed by atoms with Crippen molar-refractivity contribution < 1.29 is 19.5 Å². The standard InChI is InChI=1S/C20H31N3O4S/c1-13(2)11-15(21)18(24)23-17(12-14-7-5-4-6-8-14)19(25)22-16(20(26)27)9-10-28-3/h4-8,13,15-17H,9-12,21H2,1-3H3,(H,22,25)(H,23,24)(H,26,27)/t15-,16-,17-/m0/s1. The Balaban J connectivity index is 2.90. The summed E-state index contributed by atoms with van der Waals surface area (Å²) in [6.45, 7) is 3.93. The Kier molecular flexibility index (Phi) is 10.6. The van der Waals surface area contributed by atoms with E-state index in [1.54, 1.807) is 0 Å². The Morgan fingerprint density at radius 1 is 1.07 bits per heavy atom. The Bertz CT molecular complexity index is 640. The molecule has 0 aliphatic rings. The minimum absolute atomic E-state index is 0.241. The molecule has 156 valence electrons. The second-order valence-corrected chi connectivity index (χ2v) is 8.15. The number of nitrogens with two attached hydrogens (primary N) is 1. The van der Waals surface area contributed by atoms with Gasteiger partial charge in [-0.25, -0.2) is 4.79 Å². The zero-order valence-corrected chi connectivity index (χ0v) is 17.5. The predicted octanol–water partition coefficient (Wildman–Crippen LogP) is 1.41.